The van der Waals surface area contributed by atoms with Crippen LogP contribution in [0.15, 0.2) is 18.2 Å². The molecule has 0 spiro atoms. The number of hydrogen-bond donors (Lipinski definition) is 1. The van der Waals surface area contributed by atoms with E-state index >= 15 is 0 Å². The summed E-state index contributed by atoms with van der Waals surface area (Å²) in [5.41, 5.74) is 3.87. The van der Waals surface area contributed by atoms with Gasteiger partial charge in [0, 0.05) is 31.7 Å². The van der Waals surface area contributed by atoms with Crippen LogP contribution in [-0.4, -0.2) is 30.4 Å². The smallest absolute Gasteiger partial charge is 0.222 e. The van der Waals surface area contributed by atoms with Gasteiger partial charge in [-0.05, 0) is 44.7 Å². The van der Waals surface area contributed by atoms with E-state index < -0.39 is 0 Å². The van der Waals surface area contributed by atoms with Crippen molar-refractivity contribution in [2.24, 2.45) is 5.92 Å². The summed E-state index contributed by atoms with van der Waals surface area (Å²) in [7, 11) is 0. The summed E-state index contributed by atoms with van der Waals surface area (Å²) in [4.78, 5) is 14.1. The number of nitrogens with one attached hydrogen (secondary N) is 1. The van der Waals surface area contributed by atoms with Crippen molar-refractivity contribution in [2.75, 3.05) is 25.0 Å². The molecule has 1 aliphatic rings. The average Bonchev–Trinajstić information content (AvgIpc) is 2.39. The molecule has 1 N–H and O–H groups in total. The maximum absolute atomic E-state index is 12.2. The zero-order valence-electron chi connectivity index (χ0n) is 12.2. The van der Waals surface area contributed by atoms with E-state index in [1.54, 1.807) is 0 Å². The first-order valence-electron chi connectivity index (χ1n) is 7.25. The molecule has 104 valence electrons. The van der Waals surface area contributed by atoms with E-state index in [-0.39, 0.29) is 5.91 Å². The van der Waals surface area contributed by atoms with Gasteiger partial charge >= 0.3 is 0 Å². The highest BCUT2D eigenvalue weighted by Gasteiger charge is 2.22. The van der Waals surface area contributed by atoms with E-state index in [1.807, 2.05) is 18.7 Å². The predicted octanol–water partition coefficient (Wildman–Crippen LogP) is 2.84. The van der Waals surface area contributed by atoms with Gasteiger partial charge < -0.3 is 10.2 Å². The first-order chi connectivity index (χ1) is 9.13. The molecule has 0 fully saturated rings. The fourth-order valence-electron chi connectivity index (χ4n) is 2.80. The lowest BCUT2D eigenvalue weighted by Crippen LogP contribution is -2.34. The van der Waals surface area contributed by atoms with Gasteiger partial charge in [-0.2, -0.15) is 0 Å². The number of nitrogens with zero attached hydrogens (tertiary/aromatic N) is 1. The summed E-state index contributed by atoms with van der Waals surface area (Å²) in [5.74, 6) is 0.704. The van der Waals surface area contributed by atoms with Crippen molar-refractivity contribution in [2.45, 2.75) is 33.6 Å². The molecule has 0 bridgehead atoms. The van der Waals surface area contributed by atoms with Crippen LogP contribution >= 0.6 is 0 Å². The quantitative estimate of drug-likeness (QED) is 0.903. The lowest BCUT2D eigenvalue weighted by atomic mass is 9.90. The van der Waals surface area contributed by atoms with E-state index in [4.69, 9.17) is 0 Å². The normalized spacial score (nSPS) is 17.5. The summed E-state index contributed by atoms with van der Waals surface area (Å²) in [6, 6.07) is 6.51. The van der Waals surface area contributed by atoms with Gasteiger partial charge in [-0.15, -0.1) is 0 Å². The van der Waals surface area contributed by atoms with Crippen molar-refractivity contribution >= 4 is 11.6 Å². The third-order valence-electron chi connectivity index (χ3n) is 3.93. The zero-order valence-corrected chi connectivity index (χ0v) is 12.2. The van der Waals surface area contributed by atoms with Gasteiger partial charge in [-0.1, -0.05) is 17.7 Å². The summed E-state index contributed by atoms with van der Waals surface area (Å²) in [5, 5.41) is 3.45. The van der Waals surface area contributed by atoms with Crippen molar-refractivity contribution in [3.63, 3.8) is 0 Å². The number of benzene rings is 1. The first-order valence-corrected chi connectivity index (χ1v) is 7.25. The Morgan fingerprint density at radius 1 is 1.37 bits per heavy atom. The number of rotatable bonds is 4. The Balaban J connectivity index is 2.00. The van der Waals surface area contributed by atoms with Crippen LogP contribution in [0.3, 0.4) is 0 Å². The largest absolute Gasteiger partial charge is 0.385 e. The topological polar surface area (TPSA) is 32.3 Å². The molecule has 1 atom stereocenters. The lowest BCUT2D eigenvalue weighted by molar-refractivity contribution is -0.131. The molecule has 0 unspecified atom stereocenters. The van der Waals surface area contributed by atoms with Crippen LogP contribution in [0, 0.1) is 12.8 Å². The second-order valence-corrected chi connectivity index (χ2v) is 5.38. The maximum atomic E-state index is 12.2. The Labute approximate surface area is 116 Å². The molecule has 1 aliphatic heterocycles. The van der Waals surface area contributed by atoms with Crippen LogP contribution in [0.2, 0.25) is 0 Å². The predicted molar refractivity (Wildman–Crippen MR) is 79.4 cm³/mol. The van der Waals surface area contributed by atoms with Crippen LogP contribution in [0.25, 0.3) is 0 Å². The molecule has 3 heteroatoms. The van der Waals surface area contributed by atoms with Crippen LogP contribution in [0.1, 0.15) is 31.4 Å². The lowest BCUT2D eigenvalue weighted by Gasteiger charge is -2.28. The standard InChI is InChI=1S/C16H24N2O/c1-4-18(5-2)16(19)10-13-9-14-8-12(3)6-7-15(14)17-11-13/h6-8,13,17H,4-5,9-11H2,1-3H3/t13-/m1/s1. The van der Waals surface area contributed by atoms with E-state index in [2.05, 4.69) is 30.4 Å². The number of carbonyl (C=O) groups is 1. The zero-order chi connectivity index (χ0) is 13.8. The van der Waals surface area contributed by atoms with Gasteiger partial charge in [0.15, 0.2) is 0 Å². The molecule has 1 amide bonds. The summed E-state index contributed by atoms with van der Waals surface area (Å²) in [6.07, 6.45) is 1.67. The molecule has 0 aliphatic carbocycles. The highest BCUT2D eigenvalue weighted by Crippen LogP contribution is 2.27. The van der Waals surface area contributed by atoms with Gasteiger partial charge in [-0.3, -0.25) is 4.79 Å². The van der Waals surface area contributed by atoms with Gasteiger partial charge in [0.05, 0.1) is 0 Å². The minimum atomic E-state index is 0.285. The number of amides is 1. The molecule has 0 saturated heterocycles. The monoisotopic (exact) mass is 260 g/mol. The molecule has 0 saturated carbocycles. The molecule has 19 heavy (non-hydrogen) atoms. The molecule has 1 aromatic rings. The minimum Gasteiger partial charge on any atom is -0.385 e. The highest BCUT2D eigenvalue weighted by atomic mass is 16.2. The van der Waals surface area contributed by atoms with E-state index in [9.17, 15) is 4.79 Å². The molecule has 3 nitrogen and oxygen atoms in total. The Bertz CT molecular complexity index is 452. The van der Waals surface area contributed by atoms with E-state index in [0.29, 0.717) is 12.3 Å². The van der Waals surface area contributed by atoms with E-state index in [1.165, 1.54) is 16.8 Å². The van der Waals surface area contributed by atoms with Crippen molar-refractivity contribution in [1.82, 2.24) is 4.90 Å². The van der Waals surface area contributed by atoms with Crippen molar-refractivity contribution in [3.8, 4) is 0 Å². The number of hydrogen-bond acceptors (Lipinski definition) is 2. The van der Waals surface area contributed by atoms with Crippen molar-refractivity contribution in [3.05, 3.63) is 29.3 Å². The van der Waals surface area contributed by atoms with Crippen LogP contribution in [0.5, 0.6) is 0 Å². The second-order valence-electron chi connectivity index (χ2n) is 5.38. The Hall–Kier alpha value is -1.51. The Morgan fingerprint density at radius 2 is 2.11 bits per heavy atom. The molecule has 2 rings (SSSR count). The average molecular weight is 260 g/mol. The van der Waals surface area contributed by atoms with Crippen molar-refractivity contribution < 1.29 is 4.79 Å². The highest BCUT2D eigenvalue weighted by molar-refractivity contribution is 5.76. The van der Waals surface area contributed by atoms with Crippen molar-refractivity contribution in [1.29, 1.82) is 0 Å². The fourth-order valence-corrected chi connectivity index (χ4v) is 2.80. The number of carbonyl (C=O) groups excluding carboxylic acids is 1. The first kappa shape index (κ1) is 13.9. The number of anilines is 1. The molecule has 1 aromatic carbocycles. The molecule has 1 heterocycles. The Morgan fingerprint density at radius 3 is 2.79 bits per heavy atom. The van der Waals surface area contributed by atoms with Gasteiger partial charge in [-0.25, -0.2) is 0 Å². The minimum absolute atomic E-state index is 0.285. The van der Waals surface area contributed by atoms with Crippen LogP contribution in [-0.2, 0) is 11.2 Å². The maximum Gasteiger partial charge on any atom is 0.222 e. The third kappa shape index (κ3) is 3.28. The summed E-state index contributed by atoms with van der Waals surface area (Å²) >= 11 is 0. The van der Waals surface area contributed by atoms with Gasteiger partial charge in [0.25, 0.3) is 0 Å². The van der Waals surface area contributed by atoms with Crippen LogP contribution in [0.4, 0.5) is 5.69 Å². The number of aryl methyl sites for hydroxylation is 1. The number of fused-ring (bicyclic) bond motifs is 1. The van der Waals surface area contributed by atoms with E-state index in [0.717, 1.165) is 26.1 Å². The van der Waals surface area contributed by atoms with Crippen LogP contribution < -0.4 is 5.32 Å². The summed E-state index contributed by atoms with van der Waals surface area (Å²) in [6.45, 7) is 8.72. The van der Waals surface area contributed by atoms with Gasteiger partial charge in [0.2, 0.25) is 5.91 Å². The molecular formula is C16H24N2O. The fraction of sp³-hybridized carbons (Fsp3) is 0.562. The van der Waals surface area contributed by atoms with Gasteiger partial charge in [0.1, 0.15) is 0 Å². The molecular weight excluding hydrogens is 236 g/mol. The SMILES string of the molecule is CCN(CC)C(=O)C[C@@H]1CNc2ccc(C)cc2C1. The molecule has 0 aromatic heterocycles. The third-order valence-corrected chi connectivity index (χ3v) is 3.93. The molecule has 0 radical (unpaired) electrons. The summed E-state index contributed by atoms with van der Waals surface area (Å²) < 4.78 is 0. The Kier molecular flexibility index (Phi) is 4.46. The second kappa shape index (κ2) is 6.09.